The van der Waals surface area contributed by atoms with Crippen LogP contribution in [-0.4, -0.2) is 41.1 Å². The molecule has 0 aliphatic heterocycles. The molecule has 2 amide bonds. The Kier molecular flexibility index (Phi) is 6.73. The molecular weight excluding hydrogens is 232 g/mol. The first-order valence-corrected chi connectivity index (χ1v) is 6.42. The highest BCUT2D eigenvalue weighted by atomic mass is 16.4. The van der Waals surface area contributed by atoms with E-state index in [0.29, 0.717) is 5.92 Å². The summed E-state index contributed by atoms with van der Waals surface area (Å²) in [5.41, 5.74) is 0. The van der Waals surface area contributed by atoms with Crippen LogP contribution in [0.2, 0.25) is 0 Å². The maximum Gasteiger partial charge on any atom is 0.326 e. The summed E-state index contributed by atoms with van der Waals surface area (Å²) in [6.45, 7) is 9.70. The fraction of sp³-hybridized carbons (Fsp3) is 0.846. The smallest absolute Gasteiger partial charge is 0.326 e. The lowest BCUT2D eigenvalue weighted by Gasteiger charge is -2.28. The number of hydrogen-bond acceptors (Lipinski definition) is 2. The first-order chi connectivity index (χ1) is 8.16. The number of urea groups is 1. The van der Waals surface area contributed by atoms with Crippen molar-refractivity contribution in [2.24, 2.45) is 11.8 Å². The van der Waals surface area contributed by atoms with E-state index in [1.54, 1.807) is 25.8 Å². The normalized spacial score (nSPS) is 14.4. The molecule has 0 radical (unpaired) electrons. The van der Waals surface area contributed by atoms with Crippen LogP contribution in [0.3, 0.4) is 0 Å². The summed E-state index contributed by atoms with van der Waals surface area (Å²) in [7, 11) is 1.70. The molecule has 5 nitrogen and oxygen atoms in total. The molecule has 0 saturated heterocycles. The van der Waals surface area contributed by atoms with E-state index in [4.69, 9.17) is 5.11 Å². The molecule has 0 aromatic rings. The second-order valence-electron chi connectivity index (χ2n) is 5.60. The molecule has 0 aromatic heterocycles. The van der Waals surface area contributed by atoms with Gasteiger partial charge in [0.1, 0.15) is 6.04 Å². The SMILES string of the molecule is CC(C)CC(C)N(C)C(=O)NC(C(=O)O)C(C)C. The number of aliphatic carboxylic acids is 1. The Morgan fingerprint density at radius 3 is 2.00 bits per heavy atom. The summed E-state index contributed by atoms with van der Waals surface area (Å²) in [5, 5.41) is 11.6. The number of carbonyl (C=O) groups excluding carboxylic acids is 1. The molecule has 0 spiro atoms. The molecule has 5 heteroatoms. The number of nitrogens with one attached hydrogen (secondary N) is 1. The van der Waals surface area contributed by atoms with Crippen LogP contribution < -0.4 is 5.32 Å². The number of carbonyl (C=O) groups is 2. The highest BCUT2D eigenvalue weighted by Crippen LogP contribution is 2.10. The summed E-state index contributed by atoms with van der Waals surface area (Å²) < 4.78 is 0. The van der Waals surface area contributed by atoms with Crippen LogP contribution in [0.15, 0.2) is 0 Å². The number of carboxylic acid groups (broad SMARTS) is 1. The Morgan fingerprint density at radius 1 is 1.17 bits per heavy atom. The van der Waals surface area contributed by atoms with Gasteiger partial charge in [0.15, 0.2) is 0 Å². The molecule has 0 saturated carbocycles. The Labute approximate surface area is 110 Å². The molecule has 0 rings (SSSR count). The van der Waals surface area contributed by atoms with Gasteiger partial charge in [-0.25, -0.2) is 9.59 Å². The van der Waals surface area contributed by atoms with Crippen LogP contribution in [0.5, 0.6) is 0 Å². The zero-order valence-electron chi connectivity index (χ0n) is 12.2. The number of nitrogens with zero attached hydrogens (tertiary/aromatic N) is 1. The zero-order chi connectivity index (χ0) is 14.5. The summed E-state index contributed by atoms with van der Waals surface area (Å²) in [6.07, 6.45) is 0.892. The third-order valence-corrected chi connectivity index (χ3v) is 3.01. The van der Waals surface area contributed by atoms with E-state index in [9.17, 15) is 9.59 Å². The minimum absolute atomic E-state index is 0.0895. The van der Waals surface area contributed by atoms with Crippen LogP contribution in [0.1, 0.15) is 41.0 Å². The lowest BCUT2D eigenvalue weighted by molar-refractivity contribution is -0.140. The minimum Gasteiger partial charge on any atom is -0.480 e. The third kappa shape index (κ3) is 5.38. The van der Waals surface area contributed by atoms with Crippen LogP contribution >= 0.6 is 0 Å². The summed E-state index contributed by atoms with van der Waals surface area (Å²) in [4.78, 5) is 24.5. The molecule has 0 aliphatic rings. The molecule has 2 atom stereocenters. The topological polar surface area (TPSA) is 69.6 Å². The molecule has 0 aromatic carbocycles. The number of amides is 2. The van der Waals surface area contributed by atoms with Gasteiger partial charge >= 0.3 is 12.0 Å². The van der Waals surface area contributed by atoms with Crippen molar-refractivity contribution in [1.29, 1.82) is 0 Å². The van der Waals surface area contributed by atoms with Crippen molar-refractivity contribution in [3.05, 3.63) is 0 Å². The lowest BCUT2D eigenvalue weighted by atomic mass is 10.0. The monoisotopic (exact) mass is 258 g/mol. The van der Waals surface area contributed by atoms with Gasteiger partial charge in [0.05, 0.1) is 0 Å². The summed E-state index contributed by atoms with van der Waals surface area (Å²) >= 11 is 0. The van der Waals surface area contributed by atoms with Crippen LogP contribution in [0, 0.1) is 11.8 Å². The van der Waals surface area contributed by atoms with Crippen LogP contribution in [0.4, 0.5) is 4.79 Å². The average molecular weight is 258 g/mol. The quantitative estimate of drug-likeness (QED) is 0.767. The summed E-state index contributed by atoms with van der Waals surface area (Å²) in [6, 6.07) is -1.08. The second-order valence-corrected chi connectivity index (χ2v) is 5.60. The molecule has 0 bridgehead atoms. The first-order valence-electron chi connectivity index (χ1n) is 6.42. The van der Waals surface area contributed by atoms with Crippen molar-refractivity contribution in [2.45, 2.75) is 53.1 Å². The highest BCUT2D eigenvalue weighted by molar-refractivity contribution is 5.82. The predicted octanol–water partition coefficient (Wildman–Crippen LogP) is 2.17. The molecule has 0 aliphatic carbocycles. The number of hydrogen-bond donors (Lipinski definition) is 2. The maximum atomic E-state index is 11.9. The van der Waals surface area contributed by atoms with E-state index in [-0.39, 0.29) is 18.0 Å². The fourth-order valence-electron chi connectivity index (χ4n) is 1.79. The highest BCUT2D eigenvalue weighted by Gasteiger charge is 2.26. The molecule has 106 valence electrons. The standard InChI is InChI=1S/C13H26N2O3/c1-8(2)7-10(5)15(6)13(18)14-11(9(3)4)12(16)17/h8-11H,7H2,1-6H3,(H,14,18)(H,16,17). The van der Waals surface area contributed by atoms with Gasteiger partial charge in [-0.2, -0.15) is 0 Å². The van der Waals surface area contributed by atoms with E-state index in [2.05, 4.69) is 19.2 Å². The van der Waals surface area contributed by atoms with E-state index < -0.39 is 12.0 Å². The second kappa shape index (κ2) is 7.24. The van der Waals surface area contributed by atoms with E-state index in [1.165, 1.54) is 0 Å². The molecule has 0 fully saturated rings. The Hall–Kier alpha value is -1.26. The van der Waals surface area contributed by atoms with Crippen molar-refractivity contribution >= 4 is 12.0 Å². The van der Waals surface area contributed by atoms with Gasteiger partial charge in [0.2, 0.25) is 0 Å². The van der Waals surface area contributed by atoms with Gasteiger partial charge in [0.25, 0.3) is 0 Å². The minimum atomic E-state index is -0.997. The maximum absolute atomic E-state index is 11.9. The Balaban J connectivity index is 4.50. The number of rotatable bonds is 6. The largest absolute Gasteiger partial charge is 0.480 e. The van der Waals surface area contributed by atoms with Gasteiger partial charge in [-0.05, 0) is 25.2 Å². The zero-order valence-corrected chi connectivity index (χ0v) is 12.2. The van der Waals surface area contributed by atoms with E-state index in [1.807, 2.05) is 6.92 Å². The van der Waals surface area contributed by atoms with Gasteiger partial charge in [0, 0.05) is 13.1 Å². The van der Waals surface area contributed by atoms with Crippen molar-refractivity contribution in [2.75, 3.05) is 7.05 Å². The molecule has 2 N–H and O–H groups in total. The molecule has 2 unspecified atom stereocenters. The van der Waals surface area contributed by atoms with Gasteiger partial charge in [-0.3, -0.25) is 0 Å². The van der Waals surface area contributed by atoms with E-state index >= 15 is 0 Å². The predicted molar refractivity (Wildman–Crippen MR) is 71.5 cm³/mol. The van der Waals surface area contributed by atoms with Gasteiger partial charge in [-0.1, -0.05) is 27.7 Å². The molecule has 0 heterocycles. The number of carboxylic acids is 1. The third-order valence-electron chi connectivity index (χ3n) is 3.01. The van der Waals surface area contributed by atoms with Crippen molar-refractivity contribution < 1.29 is 14.7 Å². The van der Waals surface area contributed by atoms with Crippen molar-refractivity contribution in [3.8, 4) is 0 Å². The lowest BCUT2D eigenvalue weighted by Crippen LogP contribution is -2.51. The Bertz CT molecular complexity index is 290. The van der Waals surface area contributed by atoms with Crippen LogP contribution in [0.25, 0.3) is 0 Å². The van der Waals surface area contributed by atoms with Crippen molar-refractivity contribution in [1.82, 2.24) is 10.2 Å². The first kappa shape index (κ1) is 16.7. The van der Waals surface area contributed by atoms with Crippen LogP contribution in [-0.2, 0) is 4.79 Å². The summed E-state index contributed by atoms with van der Waals surface area (Å²) in [5.74, 6) is -0.640. The van der Waals surface area contributed by atoms with E-state index in [0.717, 1.165) is 6.42 Å². The molecule has 18 heavy (non-hydrogen) atoms. The average Bonchev–Trinajstić information content (AvgIpc) is 2.22. The van der Waals surface area contributed by atoms with Crippen molar-refractivity contribution in [3.63, 3.8) is 0 Å². The Morgan fingerprint density at radius 2 is 1.67 bits per heavy atom. The molecular formula is C13H26N2O3. The fourth-order valence-corrected chi connectivity index (χ4v) is 1.79. The van der Waals surface area contributed by atoms with Gasteiger partial charge < -0.3 is 15.3 Å². The van der Waals surface area contributed by atoms with Gasteiger partial charge in [-0.15, -0.1) is 0 Å².